The second kappa shape index (κ2) is 38.7. The summed E-state index contributed by atoms with van der Waals surface area (Å²) in [6, 6.07) is 0. The molecule has 0 heterocycles. The molecule has 0 saturated heterocycles. The minimum atomic E-state index is -0.249. The zero-order chi connectivity index (χ0) is 33.6. The molecule has 46 heavy (non-hydrogen) atoms. The summed E-state index contributed by atoms with van der Waals surface area (Å²) in [6.45, 7) is 10.6. The number of hydrogen-bond acceptors (Lipinski definition) is 2. The van der Waals surface area contributed by atoms with Gasteiger partial charge in [0.15, 0.2) is 0 Å². The molecular formula is C44H86O2. The van der Waals surface area contributed by atoms with Crippen molar-refractivity contribution in [2.24, 2.45) is 5.92 Å². The van der Waals surface area contributed by atoms with Crippen LogP contribution in [0.2, 0.25) is 0 Å². The van der Waals surface area contributed by atoms with Crippen molar-refractivity contribution in [2.45, 2.75) is 252 Å². The van der Waals surface area contributed by atoms with E-state index in [1.807, 2.05) is 0 Å². The first-order valence-corrected chi connectivity index (χ1v) is 21.4. The van der Waals surface area contributed by atoms with E-state index in [9.17, 15) is 4.79 Å². The lowest BCUT2D eigenvalue weighted by Gasteiger charge is -2.05. The first-order chi connectivity index (χ1) is 22.5. The standard InChI is InChI=1S/C44H86O2/c1-42(2)40-38-36-34-32-30-28-26-24-22-20-18-16-14-12-10-8-6-5-7-9-11-13-15-17-19-21-23-25-27-29-31-33-35-37-39-41-46-44(45)43(3)4/h42H,3,5-41H2,1-2,4H3. The summed E-state index contributed by atoms with van der Waals surface area (Å²) in [5.74, 6) is 0.642. The third kappa shape index (κ3) is 39.4. The molecule has 0 fully saturated rings. The quantitative estimate of drug-likeness (QED) is 0.0377. The summed E-state index contributed by atoms with van der Waals surface area (Å²) >= 11 is 0. The van der Waals surface area contributed by atoms with Crippen LogP contribution in [0.1, 0.15) is 252 Å². The number of hydrogen-bond donors (Lipinski definition) is 0. The molecule has 0 unspecified atom stereocenters. The Labute approximate surface area is 291 Å². The second-order valence-corrected chi connectivity index (χ2v) is 15.5. The lowest BCUT2D eigenvalue weighted by molar-refractivity contribution is -0.139. The third-order valence-electron chi connectivity index (χ3n) is 10.0. The highest BCUT2D eigenvalue weighted by molar-refractivity contribution is 5.86. The number of ether oxygens (including phenoxy) is 1. The normalized spacial score (nSPS) is 11.5. The molecule has 0 saturated carbocycles. The third-order valence-corrected chi connectivity index (χ3v) is 10.0. The predicted molar refractivity (Wildman–Crippen MR) is 207 cm³/mol. The van der Waals surface area contributed by atoms with Crippen molar-refractivity contribution in [1.82, 2.24) is 0 Å². The van der Waals surface area contributed by atoms with Gasteiger partial charge in [0, 0.05) is 5.57 Å². The maximum Gasteiger partial charge on any atom is 0.333 e. The van der Waals surface area contributed by atoms with Gasteiger partial charge in [0.2, 0.25) is 0 Å². The van der Waals surface area contributed by atoms with Crippen molar-refractivity contribution in [1.29, 1.82) is 0 Å². The van der Waals surface area contributed by atoms with Gasteiger partial charge in [0.05, 0.1) is 6.61 Å². The molecule has 274 valence electrons. The average Bonchev–Trinajstić information content (AvgIpc) is 3.03. The van der Waals surface area contributed by atoms with Crippen LogP contribution in [0.3, 0.4) is 0 Å². The molecule has 0 rings (SSSR count). The number of carbonyl (C=O) groups excluding carboxylic acids is 1. The molecule has 0 aliphatic heterocycles. The van der Waals surface area contributed by atoms with E-state index in [0.717, 1.165) is 12.3 Å². The van der Waals surface area contributed by atoms with E-state index in [2.05, 4.69) is 20.4 Å². The topological polar surface area (TPSA) is 26.3 Å². The number of rotatable bonds is 39. The first-order valence-electron chi connectivity index (χ1n) is 21.4. The summed E-state index contributed by atoms with van der Waals surface area (Å²) in [4.78, 5) is 11.3. The Morgan fingerprint density at radius 3 is 0.783 bits per heavy atom. The molecule has 0 aliphatic carbocycles. The van der Waals surface area contributed by atoms with Crippen molar-refractivity contribution in [2.75, 3.05) is 6.61 Å². The van der Waals surface area contributed by atoms with Crippen LogP contribution >= 0.6 is 0 Å². The molecule has 0 aromatic heterocycles. The van der Waals surface area contributed by atoms with Crippen LogP contribution in [-0.2, 0) is 9.53 Å². The van der Waals surface area contributed by atoms with Gasteiger partial charge in [-0.2, -0.15) is 0 Å². The van der Waals surface area contributed by atoms with Gasteiger partial charge in [-0.05, 0) is 19.3 Å². The van der Waals surface area contributed by atoms with Crippen LogP contribution in [0.5, 0.6) is 0 Å². The Balaban J connectivity index is 3.07. The highest BCUT2D eigenvalue weighted by Crippen LogP contribution is 2.17. The van der Waals surface area contributed by atoms with Gasteiger partial charge in [-0.15, -0.1) is 0 Å². The smallest absolute Gasteiger partial charge is 0.333 e. The molecule has 0 aromatic rings. The monoisotopic (exact) mass is 647 g/mol. The van der Waals surface area contributed by atoms with Crippen molar-refractivity contribution in [3.8, 4) is 0 Å². The van der Waals surface area contributed by atoms with Crippen LogP contribution in [0.4, 0.5) is 0 Å². The van der Waals surface area contributed by atoms with Gasteiger partial charge in [-0.25, -0.2) is 4.79 Å². The van der Waals surface area contributed by atoms with Crippen LogP contribution in [0.25, 0.3) is 0 Å². The molecule has 0 aliphatic rings. The zero-order valence-corrected chi connectivity index (χ0v) is 32.3. The Morgan fingerprint density at radius 1 is 0.391 bits per heavy atom. The molecular weight excluding hydrogens is 560 g/mol. The first kappa shape index (κ1) is 45.2. The summed E-state index contributed by atoms with van der Waals surface area (Å²) in [5.41, 5.74) is 0.497. The molecule has 0 atom stereocenters. The van der Waals surface area contributed by atoms with E-state index in [1.165, 1.54) is 225 Å². The van der Waals surface area contributed by atoms with Gasteiger partial charge in [0.1, 0.15) is 0 Å². The second-order valence-electron chi connectivity index (χ2n) is 15.5. The van der Waals surface area contributed by atoms with E-state index in [-0.39, 0.29) is 5.97 Å². The summed E-state index contributed by atoms with van der Waals surface area (Å²) < 4.78 is 5.14. The van der Waals surface area contributed by atoms with Gasteiger partial charge >= 0.3 is 5.97 Å². The SMILES string of the molecule is C=C(C)C(=O)OCCCCCCCCCCCCCCCCCCCCCCCCCCCCCCCCCCCCCC(C)C. The molecule has 0 spiro atoms. The van der Waals surface area contributed by atoms with E-state index >= 15 is 0 Å². The lowest BCUT2D eigenvalue weighted by atomic mass is 10.0. The van der Waals surface area contributed by atoms with Gasteiger partial charge < -0.3 is 4.74 Å². The van der Waals surface area contributed by atoms with E-state index < -0.39 is 0 Å². The number of unbranched alkanes of at least 4 members (excludes halogenated alkanes) is 34. The van der Waals surface area contributed by atoms with Crippen molar-refractivity contribution in [3.05, 3.63) is 12.2 Å². The van der Waals surface area contributed by atoms with Crippen LogP contribution in [0, 0.1) is 5.92 Å². The van der Waals surface area contributed by atoms with Crippen molar-refractivity contribution < 1.29 is 9.53 Å². The Hall–Kier alpha value is -0.790. The highest BCUT2D eigenvalue weighted by Gasteiger charge is 2.02. The van der Waals surface area contributed by atoms with Gasteiger partial charge in [0.25, 0.3) is 0 Å². The lowest BCUT2D eigenvalue weighted by Crippen LogP contribution is -2.05. The molecule has 0 N–H and O–H groups in total. The summed E-state index contributed by atoms with van der Waals surface area (Å²) in [5, 5.41) is 0. The van der Waals surface area contributed by atoms with E-state index in [1.54, 1.807) is 6.92 Å². The number of esters is 1. The van der Waals surface area contributed by atoms with E-state index in [0.29, 0.717) is 12.2 Å². The fourth-order valence-electron chi connectivity index (χ4n) is 6.78. The Kier molecular flexibility index (Phi) is 38.0. The van der Waals surface area contributed by atoms with Crippen molar-refractivity contribution in [3.63, 3.8) is 0 Å². The van der Waals surface area contributed by atoms with Crippen LogP contribution in [-0.4, -0.2) is 12.6 Å². The highest BCUT2D eigenvalue weighted by atomic mass is 16.5. The fraction of sp³-hybridized carbons (Fsp3) is 0.932. The number of carbonyl (C=O) groups is 1. The predicted octanol–water partition coefficient (Wildman–Crippen LogP) is 15.8. The maximum absolute atomic E-state index is 11.3. The average molecular weight is 647 g/mol. The van der Waals surface area contributed by atoms with E-state index in [4.69, 9.17) is 4.74 Å². The minimum Gasteiger partial charge on any atom is -0.462 e. The molecule has 0 radical (unpaired) electrons. The summed E-state index contributed by atoms with van der Waals surface area (Å²) in [6.07, 6.45) is 51.5. The fourth-order valence-corrected chi connectivity index (χ4v) is 6.78. The zero-order valence-electron chi connectivity index (χ0n) is 32.3. The molecule has 2 heteroatoms. The maximum atomic E-state index is 11.3. The van der Waals surface area contributed by atoms with Crippen molar-refractivity contribution >= 4 is 5.97 Å². The van der Waals surface area contributed by atoms with Gasteiger partial charge in [-0.3, -0.25) is 0 Å². The Bertz CT molecular complexity index is 609. The minimum absolute atomic E-state index is 0.249. The molecule has 0 aromatic carbocycles. The Morgan fingerprint density at radius 2 is 0.587 bits per heavy atom. The van der Waals surface area contributed by atoms with Crippen LogP contribution < -0.4 is 0 Å². The summed E-state index contributed by atoms with van der Waals surface area (Å²) in [7, 11) is 0. The molecule has 2 nitrogen and oxygen atoms in total. The molecule has 0 amide bonds. The van der Waals surface area contributed by atoms with Crippen LogP contribution in [0.15, 0.2) is 12.2 Å². The van der Waals surface area contributed by atoms with Gasteiger partial charge in [-0.1, -0.05) is 245 Å². The largest absolute Gasteiger partial charge is 0.462 e. The molecule has 0 bridgehead atoms.